The van der Waals surface area contributed by atoms with Crippen LogP contribution < -0.4 is 9.80 Å². The van der Waals surface area contributed by atoms with Gasteiger partial charge in [-0.3, -0.25) is 9.82 Å². The maximum absolute atomic E-state index is 6.32. The van der Waals surface area contributed by atoms with Crippen molar-refractivity contribution in [2.75, 3.05) is 12.2 Å². The van der Waals surface area contributed by atoms with Crippen LogP contribution in [0.3, 0.4) is 0 Å². The van der Waals surface area contributed by atoms with E-state index in [1.807, 2.05) is 65.7 Å². The van der Waals surface area contributed by atoms with E-state index in [4.69, 9.17) is 9.57 Å². The molecule has 0 amide bonds. The van der Waals surface area contributed by atoms with Crippen molar-refractivity contribution < 1.29 is 9.57 Å². The van der Waals surface area contributed by atoms with Crippen molar-refractivity contribution in [3.63, 3.8) is 0 Å². The molecule has 0 saturated carbocycles. The van der Waals surface area contributed by atoms with Gasteiger partial charge in [-0.15, -0.1) is 0 Å². The molecule has 0 bridgehead atoms. The number of rotatable bonds is 8. The van der Waals surface area contributed by atoms with E-state index in [-0.39, 0.29) is 0 Å². The highest BCUT2D eigenvalue weighted by molar-refractivity contribution is 5.68. The van der Waals surface area contributed by atoms with Crippen LogP contribution in [0, 0.1) is 0 Å². The van der Waals surface area contributed by atoms with Crippen LogP contribution in [0.4, 0.5) is 5.69 Å². The molecule has 0 spiro atoms. The SMILES string of the molecule is COc1cccc(-c2ccccc2CON(Cc2ccncc2)c2ccccc2)c1. The number of anilines is 1. The second kappa shape index (κ2) is 9.72. The number of para-hydroxylation sites is 1. The summed E-state index contributed by atoms with van der Waals surface area (Å²) in [5.74, 6) is 0.840. The Balaban J connectivity index is 1.58. The first-order valence-corrected chi connectivity index (χ1v) is 9.90. The highest BCUT2D eigenvalue weighted by Gasteiger charge is 2.11. The van der Waals surface area contributed by atoms with E-state index in [1.165, 1.54) is 0 Å². The molecule has 3 aromatic carbocycles. The number of ether oxygens (including phenoxy) is 1. The fourth-order valence-corrected chi connectivity index (χ4v) is 3.33. The summed E-state index contributed by atoms with van der Waals surface area (Å²) in [6.07, 6.45) is 3.60. The van der Waals surface area contributed by atoms with E-state index in [0.717, 1.165) is 33.7 Å². The fraction of sp³-hybridized carbons (Fsp3) is 0.115. The zero-order valence-corrected chi connectivity index (χ0v) is 16.9. The molecule has 1 heterocycles. The fourth-order valence-electron chi connectivity index (χ4n) is 3.33. The third-order valence-electron chi connectivity index (χ3n) is 4.89. The van der Waals surface area contributed by atoms with Crippen LogP contribution in [0.1, 0.15) is 11.1 Å². The zero-order valence-electron chi connectivity index (χ0n) is 16.9. The summed E-state index contributed by atoms with van der Waals surface area (Å²) >= 11 is 0. The lowest BCUT2D eigenvalue weighted by atomic mass is 10.00. The van der Waals surface area contributed by atoms with Crippen LogP contribution in [0.25, 0.3) is 11.1 Å². The molecule has 4 rings (SSSR count). The minimum absolute atomic E-state index is 0.452. The highest BCUT2D eigenvalue weighted by atomic mass is 16.7. The van der Waals surface area contributed by atoms with Crippen molar-refractivity contribution in [2.45, 2.75) is 13.2 Å². The van der Waals surface area contributed by atoms with Crippen LogP contribution in [0.15, 0.2) is 103 Å². The smallest absolute Gasteiger partial charge is 0.119 e. The Labute approximate surface area is 177 Å². The number of methoxy groups -OCH3 is 1. The van der Waals surface area contributed by atoms with Crippen molar-refractivity contribution in [3.05, 3.63) is 115 Å². The Hall–Kier alpha value is -3.63. The summed E-state index contributed by atoms with van der Waals surface area (Å²) in [6.45, 7) is 1.08. The average molecular weight is 396 g/mol. The number of hydrogen-bond donors (Lipinski definition) is 0. The molecule has 0 saturated heterocycles. The van der Waals surface area contributed by atoms with E-state index in [0.29, 0.717) is 13.2 Å². The van der Waals surface area contributed by atoms with Crippen molar-refractivity contribution >= 4 is 5.69 Å². The van der Waals surface area contributed by atoms with Crippen LogP contribution in [0.2, 0.25) is 0 Å². The van der Waals surface area contributed by atoms with Gasteiger partial charge in [0, 0.05) is 12.4 Å². The van der Waals surface area contributed by atoms with Gasteiger partial charge < -0.3 is 4.74 Å². The lowest BCUT2D eigenvalue weighted by Crippen LogP contribution is -2.23. The molecule has 0 radical (unpaired) electrons. The van der Waals surface area contributed by atoms with Crippen molar-refractivity contribution in [1.82, 2.24) is 4.98 Å². The molecular formula is C26H24N2O2. The van der Waals surface area contributed by atoms with Gasteiger partial charge in [0.2, 0.25) is 0 Å². The summed E-state index contributed by atoms with van der Waals surface area (Å²) < 4.78 is 5.39. The summed E-state index contributed by atoms with van der Waals surface area (Å²) in [5, 5.41) is 1.93. The van der Waals surface area contributed by atoms with Gasteiger partial charge in [0.05, 0.1) is 19.3 Å². The molecule has 4 heteroatoms. The molecule has 0 aliphatic carbocycles. The Morgan fingerprint density at radius 2 is 1.57 bits per heavy atom. The summed E-state index contributed by atoms with van der Waals surface area (Å²) in [7, 11) is 1.69. The molecule has 30 heavy (non-hydrogen) atoms. The summed E-state index contributed by atoms with van der Waals surface area (Å²) in [5.41, 5.74) is 5.49. The number of hydrogen-bond acceptors (Lipinski definition) is 4. The first kappa shape index (κ1) is 19.7. The predicted molar refractivity (Wildman–Crippen MR) is 120 cm³/mol. The molecule has 0 fully saturated rings. The van der Waals surface area contributed by atoms with Gasteiger partial charge in [0.25, 0.3) is 0 Å². The number of pyridine rings is 1. The Kier molecular flexibility index (Phi) is 6.38. The maximum atomic E-state index is 6.32. The largest absolute Gasteiger partial charge is 0.497 e. The summed E-state index contributed by atoms with van der Waals surface area (Å²) in [4.78, 5) is 10.4. The molecule has 0 N–H and O–H groups in total. The summed E-state index contributed by atoms with van der Waals surface area (Å²) in [6, 6.07) is 30.5. The number of benzene rings is 3. The quantitative estimate of drug-likeness (QED) is 0.348. The second-order valence-corrected chi connectivity index (χ2v) is 6.89. The molecule has 0 aliphatic heterocycles. The second-order valence-electron chi connectivity index (χ2n) is 6.89. The molecule has 0 aliphatic rings. The monoisotopic (exact) mass is 396 g/mol. The highest BCUT2D eigenvalue weighted by Crippen LogP contribution is 2.28. The predicted octanol–water partition coefficient (Wildman–Crippen LogP) is 5.90. The van der Waals surface area contributed by atoms with Gasteiger partial charge in [-0.05, 0) is 58.7 Å². The molecule has 0 atom stereocenters. The third-order valence-corrected chi connectivity index (χ3v) is 4.89. The number of nitrogens with zero attached hydrogens (tertiary/aromatic N) is 2. The van der Waals surface area contributed by atoms with Crippen LogP contribution in [-0.2, 0) is 18.0 Å². The maximum Gasteiger partial charge on any atom is 0.119 e. The first-order valence-electron chi connectivity index (χ1n) is 9.90. The normalized spacial score (nSPS) is 10.6. The Morgan fingerprint density at radius 3 is 2.37 bits per heavy atom. The van der Waals surface area contributed by atoms with E-state index < -0.39 is 0 Å². The van der Waals surface area contributed by atoms with Gasteiger partial charge in [-0.25, -0.2) is 5.06 Å². The van der Waals surface area contributed by atoms with Crippen LogP contribution in [-0.4, -0.2) is 12.1 Å². The lowest BCUT2D eigenvalue weighted by molar-refractivity contribution is 0.0911. The third kappa shape index (κ3) is 4.85. The minimum atomic E-state index is 0.452. The van der Waals surface area contributed by atoms with E-state index in [2.05, 4.69) is 35.3 Å². The topological polar surface area (TPSA) is 34.6 Å². The van der Waals surface area contributed by atoms with Crippen molar-refractivity contribution in [1.29, 1.82) is 0 Å². The Bertz CT molecular complexity index is 1070. The van der Waals surface area contributed by atoms with Gasteiger partial charge in [-0.1, -0.05) is 54.6 Å². The Morgan fingerprint density at radius 1 is 0.800 bits per heavy atom. The average Bonchev–Trinajstić information content (AvgIpc) is 2.83. The van der Waals surface area contributed by atoms with E-state index >= 15 is 0 Å². The molecule has 1 aromatic heterocycles. The lowest BCUT2D eigenvalue weighted by Gasteiger charge is -2.25. The van der Waals surface area contributed by atoms with Crippen LogP contribution >= 0.6 is 0 Å². The van der Waals surface area contributed by atoms with Crippen molar-refractivity contribution in [2.24, 2.45) is 0 Å². The zero-order chi connectivity index (χ0) is 20.6. The van der Waals surface area contributed by atoms with E-state index in [9.17, 15) is 0 Å². The standard InChI is InChI=1S/C26H24N2O2/c1-29-25-12-7-9-22(18-25)26-13-6-5-8-23(26)20-30-28(24-10-3-2-4-11-24)19-21-14-16-27-17-15-21/h2-18H,19-20H2,1H3. The molecular weight excluding hydrogens is 372 g/mol. The van der Waals surface area contributed by atoms with Gasteiger partial charge in [0.15, 0.2) is 0 Å². The molecule has 150 valence electrons. The molecule has 0 unspecified atom stereocenters. The number of aromatic nitrogens is 1. The number of hydroxylamine groups is 1. The van der Waals surface area contributed by atoms with E-state index in [1.54, 1.807) is 19.5 Å². The van der Waals surface area contributed by atoms with Gasteiger partial charge >= 0.3 is 0 Å². The molecule has 4 aromatic rings. The first-order chi connectivity index (χ1) is 14.8. The van der Waals surface area contributed by atoms with Crippen molar-refractivity contribution in [3.8, 4) is 16.9 Å². The minimum Gasteiger partial charge on any atom is -0.497 e. The van der Waals surface area contributed by atoms with Crippen LogP contribution in [0.5, 0.6) is 5.75 Å². The van der Waals surface area contributed by atoms with Gasteiger partial charge in [0.1, 0.15) is 12.4 Å². The van der Waals surface area contributed by atoms with Gasteiger partial charge in [-0.2, -0.15) is 0 Å². The molecule has 4 nitrogen and oxygen atoms in total.